The van der Waals surface area contributed by atoms with Crippen molar-refractivity contribution in [2.45, 2.75) is 0 Å². The number of hydrogen-bond donors (Lipinski definition) is 0. The molecule has 4 rings (SSSR count). The Labute approximate surface area is 179 Å². The number of ether oxygens (including phenoxy) is 2. The minimum absolute atomic E-state index is 0.301. The molecule has 1 aliphatic rings. The third-order valence-corrected chi connectivity index (χ3v) is 5.37. The second-order valence-corrected chi connectivity index (χ2v) is 7.76. The molecule has 3 aromatic rings. The Morgan fingerprint density at radius 3 is 1.52 bits per heavy atom. The zero-order valence-corrected chi connectivity index (χ0v) is 17.7. The highest BCUT2D eigenvalue weighted by molar-refractivity contribution is 7.48. The maximum Gasteiger partial charge on any atom is 0.689 e. The molecule has 8 nitrogen and oxygen atoms in total. The fourth-order valence-corrected chi connectivity index (χ4v) is 3.64. The zero-order chi connectivity index (χ0) is 21.7. The summed E-state index contributed by atoms with van der Waals surface area (Å²) in [6, 6.07) is 22.8. The van der Waals surface area contributed by atoms with E-state index in [0.717, 1.165) is 0 Å². The first kappa shape index (κ1) is 20.5. The van der Waals surface area contributed by atoms with Gasteiger partial charge in [0.25, 0.3) is 0 Å². The third-order valence-electron chi connectivity index (χ3n) is 4.38. The van der Waals surface area contributed by atoms with Gasteiger partial charge >= 0.3 is 7.82 Å². The van der Waals surface area contributed by atoms with Crippen molar-refractivity contribution in [3.8, 4) is 17.2 Å². The molecule has 0 atom stereocenters. The van der Waals surface area contributed by atoms with Crippen LogP contribution in [0.5, 0.6) is 17.2 Å². The number of nitrogens with zero attached hydrogens (tertiary/aromatic N) is 2. The van der Waals surface area contributed by atoms with Gasteiger partial charge in [0.15, 0.2) is 0 Å². The van der Waals surface area contributed by atoms with Gasteiger partial charge < -0.3 is 14.0 Å². The van der Waals surface area contributed by atoms with Gasteiger partial charge in [-0.1, -0.05) is 28.5 Å². The molecule has 0 fully saturated rings. The van der Waals surface area contributed by atoms with Crippen LogP contribution in [0.25, 0.3) is 0 Å². The Hall–Kier alpha value is -3.77. The van der Waals surface area contributed by atoms with E-state index in [9.17, 15) is 4.57 Å². The van der Waals surface area contributed by atoms with Gasteiger partial charge in [0, 0.05) is 11.1 Å². The monoisotopic (exact) mass is 438 g/mol. The second kappa shape index (κ2) is 8.93. The molecule has 1 heterocycles. The molecule has 0 saturated heterocycles. The lowest BCUT2D eigenvalue weighted by Gasteiger charge is -2.11. The minimum Gasteiger partial charge on any atom is -0.497 e. The van der Waals surface area contributed by atoms with Crippen molar-refractivity contribution < 1.29 is 27.8 Å². The van der Waals surface area contributed by atoms with Crippen molar-refractivity contribution in [3.05, 3.63) is 90.0 Å². The van der Waals surface area contributed by atoms with Crippen LogP contribution in [0.15, 0.2) is 89.2 Å². The van der Waals surface area contributed by atoms with E-state index >= 15 is 0 Å². The predicted octanol–water partition coefficient (Wildman–Crippen LogP) is 5.05. The summed E-state index contributed by atoms with van der Waals surface area (Å²) in [7, 11) is -0.990. The van der Waals surface area contributed by atoms with Gasteiger partial charge in [-0.25, -0.2) is 0 Å². The summed E-state index contributed by atoms with van der Waals surface area (Å²) >= 11 is 0. The molecular formula is C22H19N2O6P. The van der Waals surface area contributed by atoms with E-state index in [1.165, 1.54) is 0 Å². The molecule has 158 valence electrons. The first-order valence-electron chi connectivity index (χ1n) is 9.27. The number of methoxy groups -OCH3 is 2. The summed E-state index contributed by atoms with van der Waals surface area (Å²) in [5.41, 5.74) is 1.96. The van der Waals surface area contributed by atoms with Crippen molar-refractivity contribution in [2.75, 3.05) is 14.2 Å². The number of rotatable bonds is 6. The molecule has 0 spiro atoms. The molecule has 0 aromatic heterocycles. The second-order valence-electron chi connectivity index (χ2n) is 6.35. The van der Waals surface area contributed by atoms with E-state index in [1.807, 2.05) is 0 Å². The van der Waals surface area contributed by atoms with Crippen LogP contribution >= 0.6 is 7.82 Å². The van der Waals surface area contributed by atoms with Crippen LogP contribution in [0.4, 0.5) is 0 Å². The number of hydrogen-bond acceptors (Lipinski definition) is 8. The van der Waals surface area contributed by atoms with Crippen molar-refractivity contribution >= 4 is 19.2 Å². The number of benzene rings is 3. The molecule has 1 aliphatic heterocycles. The van der Waals surface area contributed by atoms with E-state index in [4.69, 9.17) is 23.2 Å². The van der Waals surface area contributed by atoms with Crippen molar-refractivity contribution in [1.82, 2.24) is 0 Å². The standard InChI is InChI=1S/C22H19N2O6P/c1-26-18-12-8-16(9-13-18)21-22(17-10-14-19(27-2)15-11-17)24-30-31(25,29-23-21)28-20-6-4-3-5-7-20/h3-15H,1-2H3. The van der Waals surface area contributed by atoms with Gasteiger partial charge in [-0.05, 0) is 60.7 Å². The number of oxime groups is 2. The quantitative estimate of drug-likeness (QED) is 0.501. The topological polar surface area (TPSA) is 87.9 Å². The van der Waals surface area contributed by atoms with Crippen LogP contribution in [-0.2, 0) is 13.8 Å². The average molecular weight is 438 g/mol. The fourth-order valence-electron chi connectivity index (χ4n) is 2.80. The summed E-state index contributed by atoms with van der Waals surface area (Å²) in [5.74, 6) is 1.66. The largest absolute Gasteiger partial charge is 0.689 e. The van der Waals surface area contributed by atoms with Gasteiger partial charge in [-0.3, -0.25) is 9.25 Å². The number of para-hydroxylation sites is 1. The minimum atomic E-state index is -4.15. The van der Waals surface area contributed by atoms with Gasteiger partial charge in [-0.2, -0.15) is 4.57 Å². The van der Waals surface area contributed by atoms with Crippen molar-refractivity contribution in [2.24, 2.45) is 10.3 Å². The molecule has 0 radical (unpaired) electrons. The van der Waals surface area contributed by atoms with Crippen LogP contribution in [0.1, 0.15) is 11.1 Å². The SMILES string of the molecule is COc1ccc(C2=NOP(=O)(Oc3ccccc3)ON=C2c2ccc(OC)cc2)cc1. The summed E-state index contributed by atoms with van der Waals surface area (Å²) in [6.07, 6.45) is 0. The highest BCUT2D eigenvalue weighted by atomic mass is 31.2. The predicted molar refractivity (Wildman–Crippen MR) is 116 cm³/mol. The lowest BCUT2D eigenvalue weighted by molar-refractivity contribution is 0.168. The van der Waals surface area contributed by atoms with Crippen LogP contribution in [0, 0.1) is 0 Å². The van der Waals surface area contributed by atoms with Crippen molar-refractivity contribution in [3.63, 3.8) is 0 Å². The van der Waals surface area contributed by atoms with Gasteiger partial charge in [-0.15, -0.1) is 0 Å². The van der Waals surface area contributed by atoms with Crippen LogP contribution in [0.3, 0.4) is 0 Å². The van der Waals surface area contributed by atoms with Gasteiger partial charge in [0.2, 0.25) is 0 Å². The van der Waals surface area contributed by atoms with Gasteiger partial charge in [0.1, 0.15) is 28.7 Å². The molecule has 3 aromatic carbocycles. The first-order valence-corrected chi connectivity index (χ1v) is 10.7. The summed E-state index contributed by atoms with van der Waals surface area (Å²) < 4.78 is 39.4. The van der Waals surface area contributed by atoms with E-state index in [-0.39, 0.29) is 0 Å². The maximum absolute atomic E-state index is 13.1. The Morgan fingerprint density at radius 2 is 1.10 bits per heavy atom. The van der Waals surface area contributed by atoms with E-state index in [1.54, 1.807) is 93.1 Å². The lowest BCUT2D eigenvalue weighted by atomic mass is 10.00. The molecule has 0 saturated carbocycles. The molecule has 0 bridgehead atoms. The van der Waals surface area contributed by atoms with Crippen LogP contribution in [-0.4, -0.2) is 25.6 Å². The molecule has 0 aliphatic carbocycles. The third kappa shape index (κ3) is 4.70. The summed E-state index contributed by atoms with van der Waals surface area (Å²) in [5, 5.41) is 8.20. The van der Waals surface area contributed by atoms with E-state index < -0.39 is 7.82 Å². The first-order chi connectivity index (χ1) is 15.1. The maximum atomic E-state index is 13.1. The normalized spacial score (nSPS) is 14.8. The van der Waals surface area contributed by atoms with Crippen molar-refractivity contribution in [1.29, 1.82) is 0 Å². The Bertz CT molecular complexity index is 1080. The Balaban J connectivity index is 1.74. The molecule has 0 unspecified atom stereocenters. The van der Waals surface area contributed by atoms with Gasteiger partial charge in [0.05, 0.1) is 14.2 Å². The van der Waals surface area contributed by atoms with E-state index in [0.29, 0.717) is 39.8 Å². The lowest BCUT2D eigenvalue weighted by Crippen LogP contribution is -2.17. The molecular weight excluding hydrogens is 419 g/mol. The highest BCUT2D eigenvalue weighted by Crippen LogP contribution is 2.51. The number of phosphoric acid groups is 1. The summed E-state index contributed by atoms with van der Waals surface area (Å²) in [4.78, 5) is 0. The van der Waals surface area contributed by atoms with Crippen LogP contribution in [0.2, 0.25) is 0 Å². The Kier molecular flexibility index (Phi) is 5.91. The molecule has 31 heavy (non-hydrogen) atoms. The Morgan fingerprint density at radius 1 is 0.645 bits per heavy atom. The average Bonchev–Trinajstić information content (AvgIpc) is 2.99. The van der Waals surface area contributed by atoms with Crippen LogP contribution < -0.4 is 14.0 Å². The highest BCUT2D eigenvalue weighted by Gasteiger charge is 2.37. The summed E-state index contributed by atoms with van der Waals surface area (Å²) in [6.45, 7) is 0. The fraction of sp³-hybridized carbons (Fsp3) is 0.0909. The smallest absolute Gasteiger partial charge is 0.497 e. The zero-order valence-electron chi connectivity index (χ0n) is 16.8. The molecule has 0 amide bonds. The van der Waals surface area contributed by atoms with E-state index in [2.05, 4.69) is 10.3 Å². The molecule has 9 heteroatoms. The molecule has 0 N–H and O–H groups in total.